The molecule has 11 atom stereocenters. The van der Waals surface area contributed by atoms with Crippen LogP contribution in [0, 0.1) is 11.3 Å². The number of aromatic nitrogens is 8. The third-order valence-corrected chi connectivity index (χ3v) is 14.8. The Kier molecular flexibility index (Phi) is 6.60. The zero-order valence-corrected chi connectivity index (χ0v) is 26.3. The molecule has 2 bridgehead atoms. The number of nitrogen functional groups attached to an aromatic ring is 2. The molecule has 2 aliphatic carbocycles. The molecule has 23 heteroatoms. The number of aliphatic hydroxyl groups excluding tert-OH is 2. The minimum absolute atomic E-state index is 0.0472. The monoisotopic (exact) mass is 700 g/mol. The van der Waals surface area contributed by atoms with Crippen LogP contribution in [0.3, 0.4) is 0 Å². The largest absolute Gasteiger partial charge is 0.472 e. The van der Waals surface area contributed by atoms with E-state index in [1.54, 1.807) is 4.57 Å². The predicted molar refractivity (Wildman–Crippen MR) is 161 cm³/mol. The summed E-state index contributed by atoms with van der Waals surface area (Å²) in [5.41, 5.74) is 9.56. The summed E-state index contributed by atoms with van der Waals surface area (Å²) >= 11 is 5.51. The van der Waals surface area contributed by atoms with E-state index in [0.717, 1.165) is 11.8 Å². The molecule has 0 aromatic carbocycles. The van der Waals surface area contributed by atoms with Crippen molar-refractivity contribution in [2.75, 3.05) is 24.7 Å². The second-order valence-corrected chi connectivity index (χ2v) is 17.9. The molecule has 2 aliphatic heterocycles. The predicted octanol–water partition coefficient (Wildman–Crippen LogP) is 0.0446. The van der Waals surface area contributed by atoms with Gasteiger partial charge < -0.3 is 35.7 Å². The summed E-state index contributed by atoms with van der Waals surface area (Å²) in [4.78, 5) is 46.4. The van der Waals surface area contributed by atoms with Crippen molar-refractivity contribution >= 4 is 72.5 Å². The Morgan fingerprint density at radius 3 is 2.62 bits per heavy atom. The van der Waals surface area contributed by atoms with Gasteiger partial charge in [-0.1, -0.05) is 12.2 Å². The van der Waals surface area contributed by atoms with E-state index in [-0.39, 0.29) is 29.5 Å². The van der Waals surface area contributed by atoms with Gasteiger partial charge in [0.05, 0.1) is 55.0 Å². The number of hydrogen-bond donors (Lipinski definition) is 7. The van der Waals surface area contributed by atoms with Gasteiger partial charge >= 0.3 is 7.82 Å². The van der Waals surface area contributed by atoms with Gasteiger partial charge in [0.25, 0.3) is 12.1 Å². The van der Waals surface area contributed by atoms with E-state index in [9.17, 15) is 29.0 Å². The van der Waals surface area contributed by atoms with Crippen molar-refractivity contribution < 1.29 is 37.8 Å². The van der Waals surface area contributed by atoms with Gasteiger partial charge in [-0.3, -0.25) is 28.0 Å². The lowest BCUT2D eigenvalue weighted by Crippen LogP contribution is -2.38. The average molecular weight is 701 g/mol. The van der Waals surface area contributed by atoms with Gasteiger partial charge in [0.2, 0.25) is 5.95 Å². The number of hydrogen-bond acceptors (Lipinski definition) is 16. The molecule has 1 spiro atoms. The van der Waals surface area contributed by atoms with Crippen molar-refractivity contribution in [2.45, 2.75) is 47.1 Å². The molecular formula is C22H26N10O9P2S2. The third kappa shape index (κ3) is 4.44. The summed E-state index contributed by atoms with van der Waals surface area (Å²) in [6.07, 6.45) is 0.194. The minimum atomic E-state index is -4.91. The van der Waals surface area contributed by atoms with Crippen LogP contribution in [-0.2, 0) is 22.7 Å². The minimum Gasteiger partial charge on any atom is -0.390 e. The van der Waals surface area contributed by atoms with E-state index in [4.69, 9.17) is 25.0 Å². The summed E-state index contributed by atoms with van der Waals surface area (Å²) in [7, 11) is -4.91. The molecule has 2 saturated heterocycles. The molecule has 0 amide bonds. The molecule has 45 heavy (non-hydrogen) atoms. The number of rotatable bonds is 2. The fourth-order valence-electron chi connectivity index (χ4n) is 7.10. The normalized spacial score (nSPS) is 41.4. The number of nitrogens with zero attached hydrogens (tertiary/aromatic N) is 7. The van der Waals surface area contributed by atoms with Gasteiger partial charge in [0.1, 0.15) is 23.3 Å². The number of phosphoric ester groups is 1. The Hall–Kier alpha value is -2.58. The molecule has 2 unspecified atom stereocenters. The van der Waals surface area contributed by atoms with E-state index in [2.05, 4.69) is 42.2 Å². The van der Waals surface area contributed by atoms with Gasteiger partial charge in [0, 0.05) is 5.41 Å². The topological polar surface area (TPSA) is 282 Å². The summed E-state index contributed by atoms with van der Waals surface area (Å²) < 4.78 is 47.8. The lowest BCUT2D eigenvalue weighted by molar-refractivity contribution is -0.00166. The molecular weight excluding hydrogens is 674 g/mol. The maximum absolute atomic E-state index is 14.3. The second-order valence-electron chi connectivity index (χ2n) is 11.6. The number of nitrogens with two attached hydrogens (primary N) is 2. The van der Waals surface area contributed by atoms with Gasteiger partial charge in [-0.25, -0.2) is 24.5 Å². The number of fused-ring (bicyclic) bond motifs is 4. The van der Waals surface area contributed by atoms with Crippen molar-refractivity contribution in [1.29, 1.82) is 0 Å². The van der Waals surface area contributed by atoms with E-state index < -0.39 is 78.5 Å². The van der Waals surface area contributed by atoms with Crippen LogP contribution in [0.5, 0.6) is 0 Å². The highest BCUT2D eigenvalue weighted by Gasteiger charge is 2.76. The molecule has 240 valence electrons. The summed E-state index contributed by atoms with van der Waals surface area (Å²) in [5.74, 6) is -0.434. The number of nitrogens with one attached hydrogen (secondary N) is 1. The summed E-state index contributed by atoms with van der Waals surface area (Å²) in [6.45, 7) is -4.78. The van der Waals surface area contributed by atoms with Crippen LogP contribution in [0.1, 0.15) is 17.8 Å². The highest BCUT2D eigenvalue weighted by atomic mass is 32.7. The standard InChI is InChI=1S/C22H26N10O9P2S2/c23-16-9-17(26-4-25-16)31(5-27-9)11-7-1-22(7)3-40-43(37,38)41-14-12(33)8(2-39-42(36,44)15(22)13(11)34)45-20(14)32-6-28-10-18(32)29-21(24)30-19(10)35/h4-8,11-15,20,33-34H,1-3H2,(H,36,44)(H,37,38)(H2,23,25,26)(H3,24,29,30,35)/t7-,8-,11-,12-,13+,14-,15+,20-,22?,42-/m1/s1. The zero-order valence-electron chi connectivity index (χ0n) is 22.8. The number of phosphoric acid groups is 1. The van der Waals surface area contributed by atoms with E-state index in [1.165, 1.54) is 23.5 Å². The van der Waals surface area contributed by atoms with E-state index >= 15 is 0 Å². The number of aromatic amines is 1. The van der Waals surface area contributed by atoms with E-state index in [1.807, 2.05) is 0 Å². The van der Waals surface area contributed by atoms with Crippen LogP contribution in [0.25, 0.3) is 22.3 Å². The van der Waals surface area contributed by atoms with Crippen LogP contribution in [0.4, 0.5) is 11.8 Å². The number of aliphatic hydroxyl groups is 2. The summed E-state index contributed by atoms with van der Waals surface area (Å²) in [5, 5.41) is 21.1. The lowest BCUT2D eigenvalue weighted by atomic mass is 10.0. The highest BCUT2D eigenvalue weighted by Crippen LogP contribution is 2.79. The Labute approximate surface area is 261 Å². The molecule has 8 rings (SSSR count). The van der Waals surface area contributed by atoms with Gasteiger partial charge in [-0.2, -0.15) is 4.98 Å². The third-order valence-electron chi connectivity index (χ3n) is 9.13. The Morgan fingerprint density at radius 1 is 1.07 bits per heavy atom. The SMILES string of the molecule is Nc1nc2c(ncn2[C@@H]2S[C@@H]3CO[P@@](=O)(S)[C@H]4[C@@H](O)[C@H](n5cnc6c(N)ncnc65)[C@H]5CC54COP(=O)(O)O[C@@H]2[C@@H]3O)c(=O)[nH]1. The Bertz CT molecular complexity index is 2030. The maximum atomic E-state index is 14.3. The molecule has 4 fully saturated rings. The van der Waals surface area contributed by atoms with Gasteiger partial charge in [0.15, 0.2) is 22.6 Å². The second kappa shape index (κ2) is 9.96. The number of anilines is 2. The first-order valence-corrected chi connectivity index (χ1v) is 18.9. The zero-order chi connectivity index (χ0) is 31.6. The first-order valence-electron chi connectivity index (χ1n) is 13.6. The molecule has 4 aliphatic rings. The van der Waals surface area contributed by atoms with Crippen LogP contribution in [0.2, 0.25) is 0 Å². The van der Waals surface area contributed by atoms with Crippen molar-refractivity contribution in [3.05, 3.63) is 29.3 Å². The van der Waals surface area contributed by atoms with E-state index in [0.29, 0.717) is 17.6 Å². The van der Waals surface area contributed by atoms with Crippen molar-refractivity contribution in [2.24, 2.45) is 11.3 Å². The fraction of sp³-hybridized carbons (Fsp3) is 0.545. The molecule has 2 saturated carbocycles. The van der Waals surface area contributed by atoms with Crippen LogP contribution < -0.4 is 17.0 Å². The molecule has 4 aromatic heterocycles. The number of thioether (sulfide) groups is 1. The molecule has 6 heterocycles. The number of H-pyrrole nitrogens is 1. The molecule has 4 aromatic rings. The molecule has 19 nitrogen and oxygen atoms in total. The fourth-order valence-corrected chi connectivity index (χ4v) is 13.2. The van der Waals surface area contributed by atoms with Crippen LogP contribution >= 0.6 is 38.4 Å². The quantitative estimate of drug-likeness (QED) is 0.107. The average Bonchev–Trinajstić information content (AvgIpc) is 3.29. The van der Waals surface area contributed by atoms with Gasteiger partial charge in [-0.15, -0.1) is 11.8 Å². The summed E-state index contributed by atoms with van der Waals surface area (Å²) in [6, 6.07) is -0.718. The number of thiol groups is 1. The maximum Gasteiger partial charge on any atom is 0.472 e. The lowest BCUT2D eigenvalue weighted by Gasteiger charge is -2.33. The Morgan fingerprint density at radius 2 is 1.82 bits per heavy atom. The molecule has 8 N–H and O–H groups in total. The smallest absolute Gasteiger partial charge is 0.390 e. The van der Waals surface area contributed by atoms with Crippen molar-refractivity contribution in [3.8, 4) is 0 Å². The van der Waals surface area contributed by atoms with Crippen LogP contribution in [-0.4, -0.2) is 96.6 Å². The number of imidazole rings is 2. The molecule has 0 radical (unpaired) electrons. The highest BCUT2D eigenvalue weighted by molar-refractivity contribution is 8.46. The Balaban J connectivity index is 1.16. The van der Waals surface area contributed by atoms with Crippen molar-refractivity contribution in [1.82, 2.24) is 39.0 Å². The first-order chi connectivity index (χ1) is 21.3. The van der Waals surface area contributed by atoms with Gasteiger partial charge in [-0.05, 0) is 12.3 Å². The van der Waals surface area contributed by atoms with Crippen LogP contribution in [0.15, 0.2) is 23.8 Å². The van der Waals surface area contributed by atoms with Crippen molar-refractivity contribution in [3.63, 3.8) is 0 Å². The first kappa shape index (κ1) is 29.8.